The molecule has 0 aromatic carbocycles. The van der Waals surface area contributed by atoms with E-state index in [1.165, 1.54) is 0 Å². The lowest BCUT2D eigenvalue weighted by atomic mass is 9.77. The average molecular weight is 286 g/mol. The number of carbonyl (C=O) groups excluding carboxylic acids is 1. The lowest BCUT2D eigenvalue weighted by Gasteiger charge is -2.40. The van der Waals surface area contributed by atoms with Crippen molar-refractivity contribution < 1.29 is 9.53 Å². The molecule has 0 saturated carbocycles. The summed E-state index contributed by atoms with van der Waals surface area (Å²) >= 11 is 5.16. The molecule has 1 fully saturated rings. The number of hydrogen-bond donors (Lipinski definition) is 2. The molecule has 0 aliphatic carbocycles. The lowest BCUT2D eigenvalue weighted by Crippen LogP contribution is -2.58. The third-order valence-electron chi connectivity index (χ3n) is 4.66. The third-order valence-corrected chi connectivity index (χ3v) is 5.05. The molecule has 1 aliphatic heterocycles. The number of nitrogens with one attached hydrogen (secondary N) is 1. The van der Waals surface area contributed by atoms with Crippen molar-refractivity contribution in [2.75, 3.05) is 13.2 Å². The number of rotatable bonds is 6. The number of thiocarbonyl (C=S) groups is 1. The van der Waals surface area contributed by atoms with Crippen LogP contribution in [0, 0.1) is 5.41 Å². The minimum Gasteiger partial charge on any atom is -0.392 e. The first-order chi connectivity index (χ1) is 8.96. The first-order valence-corrected chi connectivity index (χ1v) is 7.57. The van der Waals surface area contributed by atoms with Gasteiger partial charge < -0.3 is 15.8 Å². The largest absolute Gasteiger partial charge is 0.392 e. The van der Waals surface area contributed by atoms with Gasteiger partial charge in [0.1, 0.15) is 5.41 Å². The summed E-state index contributed by atoms with van der Waals surface area (Å²) < 4.78 is 5.34. The van der Waals surface area contributed by atoms with Crippen LogP contribution >= 0.6 is 12.2 Å². The Kier molecular flexibility index (Phi) is 5.74. The molecule has 0 bridgehead atoms. The summed E-state index contributed by atoms with van der Waals surface area (Å²) in [6.07, 6.45) is 3.91. The highest BCUT2D eigenvalue weighted by Crippen LogP contribution is 2.33. The van der Waals surface area contributed by atoms with Gasteiger partial charge in [0.2, 0.25) is 5.91 Å². The van der Waals surface area contributed by atoms with Crippen molar-refractivity contribution in [3.63, 3.8) is 0 Å². The summed E-state index contributed by atoms with van der Waals surface area (Å²) in [7, 11) is 0. The summed E-state index contributed by atoms with van der Waals surface area (Å²) in [6, 6.07) is 0. The normalized spacial score (nSPS) is 18.9. The molecule has 4 nitrogen and oxygen atoms in total. The molecule has 1 rings (SSSR count). The second-order valence-corrected chi connectivity index (χ2v) is 5.79. The van der Waals surface area contributed by atoms with Gasteiger partial charge in [-0.1, -0.05) is 33.0 Å². The number of amides is 1. The zero-order valence-corrected chi connectivity index (χ0v) is 13.1. The molecule has 5 heteroatoms. The van der Waals surface area contributed by atoms with Gasteiger partial charge in [0.15, 0.2) is 0 Å². The summed E-state index contributed by atoms with van der Waals surface area (Å²) in [6.45, 7) is 7.39. The summed E-state index contributed by atoms with van der Waals surface area (Å²) in [4.78, 5) is 13.0. The summed E-state index contributed by atoms with van der Waals surface area (Å²) in [5.41, 5.74) is 4.99. The van der Waals surface area contributed by atoms with Crippen molar-refractivity contribution in [2.45, 2.75) is 58.4 Å². The number of nitrogens with two attached hydrogens (primary N) is 1. The summed E-state index contributed by atoms with van der Waals surface area (Å²) in [5.74, 6) is -0.0196. The van der Waals surface area contributed by atoms with Crippen LogP contribution in [-0.2, 0) is 9.53 Å². The smallest absolute Gasteiger partial charge is 0.233 e. The fourth-order valence-corrected chi connectivity index (χ4v) is 2.98. The van der Waals surface area contributed by atoms with E-state index in [1.807, 2.05) is 0 Å². The van der Waals surface area contributed by atoms with Crippen LogP contribution in [0.2, 0.25) is 0 Å². The molecular weight excluding hydrogens is 260 g/mol. The van der Waals surface area contributed by atoms with Gasteiger partial charge in [0, 0.05) is 18.8 Å². The maximum absolute atomic E-state index is 12.7. The Hall–Kier alpha value is -0.680. The van der Waals surface area contributed by atoms with Crippen LogP contribution in [0.25, 0.3) is 0 Å². The Morgan fingerprint density at radius 2 is 1.74 bits per heavy atom. The average Bonchev–Trinajstić information content (AvgIpc) is 2.45. The maximum Gasteiger partial charge on any atom is 0.233 e. The second-order valence-electron chi connectivity index (χ2n) is 5.35. The molecule has 0 unspecified atom stereocenters. The van der Waals surface area contributed by atoms with Crippen molar-refractivity contribution in [1.82, 2.24) is 5.32 Å². The van der Waals surface area contributed by atoms with Crippen molar-refractivity contribution in [3.05, 3.63) is 0 Å². The monoisotopic (exact) mass is 286 g/mol. The van der Waals surface area contributed by atoms with Gasteiger partial charge in [-0.05, 0) is 32.1 Å². The Balaban J connectivity index is 2.92. The Morgan fingerprint density at radius 3 is 2.11 bits per heavy atom. The molecule has 19 heavy (non-hydrogen) atoms. The molecule has 0 spiro atoms. The summed E-state index contributed by atoms with van der Waals surface area (Å²) in [5, 5.41) is 3.21. The SMILES string of the molecule is CCC(CC)(CC)NC(=O)C1(C(N)=S)CCOCC1. The van der Waals surface area contributed by atoms with Gasteiger partial charge in [-0.2, -0.15) is 0 Å². The van der Waals surface area contributed by atoms with E-state index < -0.39 is 5.41 Å². The van der Waals surface area contributed by atoms with Crippen LogP contribution in [-0.4, -0.2) is 29.6 Å². The van der Waals surface area contributed by atoms with E-state index in [0.717, 1.165) is 19.3 Å². The number of hydrogen-bond acceptors (Lipinski definition) is 3. The first-order valence-electron chi connectivity index (χ1n) is 7.16. The first kappa shape index (κ1) is 16.4. The zero-order chi connectivity index (χ0) is 14.5. The predicted octanol–water partition coefficient (Wildman–Crippen LogP) is 2.15. The molecule has 0 aromatic heterocycles. The molecule has 110 valence electrons. The van der Waals surface area contributed by atoms with Crippen molar-refractivity contribution in [3.8, 4) is 0 Å². The van der Waals surface area contributed by atoms with E-state index in [4.69, 9.17) is 22.7 Å². The second kappa shape index (κ2) is 6.66. The third kappa shape index (κ3) is 3.26. The van der Waals surface area contributed by atoms with Gasteiger partial charge in [-0.15, -0.1) is 0 Å². The molecule has 0 atom stereocenters. The molecule has 0 radical (unpaired) electrons. The fourth-order valence-electron chi connectivity index (χ4n) is 2.68. The van der Waals surface area contributed by atoms with E-state index in [2.05, 4.69) is 26.1 Å². The van der Waals surface area contributed by atoms with E-state index in [1.54, 1.807) is 0 Å². The molecular formula is C14H26N2O2S. The van der Waals surface area contributed by atoms with E-state index in [9.17, 15) is 4.79 Å². The Morgan fingerprint density at radius 1 is 1.26 bits per heavy atom. The predicted molar refractivity (Wildman–Crippen MR) is 81.0 cm³/mol. The van der Waals surface area contributed by atoms with E-state index in [0.29, 0.717) is 31.0 Å². The Bertz CT molecular complexity index is 326. The van der Waals surface area contributed by atoms with Gasteiger partial charge in [-0.25, -0.2) is 0 Å². The van der Waals surface area contributed by atoms with Gasteiger partial charge in [0.05, 0.1) is 4.99 Å². The highest BCUT2D eigenvalue weighted by molar-refractivity contribution is 7.80. The standard InChI is InChI=1S/C14H26N2O2S/c1-4-13(5-2,6-3)16-12(17)14(11(15)19)7-9-18-10-8-14/h4-10H2,1-3H3,(H2,15,19)(H,16,17). The van der Waals surface area contributed by atoms with Crippen LogP contribution in [0.4, 0.5) is 0 Å². The van der Waals surface area contributed by atoms with Crippen molar-refractivity contribution in [1.29, 1.82) is 0 Å². The minimum atomic E-state index is -0.724. The Labute approximate surface area is 121 Å². The highest BCUT2D eigenvalue weighted by atomic mass is 32.1. The molecule has 0 aromatic rings. The van der Waals surface area contributed by atoms with Gasteiger partial charge >= 0.3 is 0 Å². The van der Waals surface area contributed by atoms with Crippen LogP contribution in [0.15, 0.2) is 0 Å². The van der Waals surface area contributed by atoms with Crippen LogP contribution in [0.5, 0.6) is 0 Å². The molecule has 3 N–H and O–H groups in total. The van der Waals surface area contributed by atoms with Crippen molar-refractivity contribution in [2.24, 2.45) is 11.1 Å². The maximum atomic E-state index is 12.7. The zero-order valence-electron chi connectivity index (χ0n) is 12.3. The molecule has 1 aliphatic rings. The highest BCUT2D eigenvalue weighted by Gasteiger charge is 2.45. The topological polar surface area (TPSA) is 64.4 Å². The van der Waals surface area contributed by atoms with Crippen LogP contribution in [0.3, 0.4) is 0 Å². The van der Waals surface area contributed by atoms with Gasteiger partial charge in [0.25, 0.3) is 0 Å². The molecule has 1 heterocycles. The number of ether oxygens (including phenoxy) is 1. The van der Waals surface area contributed by atoms with Gasteiger partial charge in [-0.3, -0.25) is 4.79 Å². The fraction of sp³-hybridized carbons (Fsp3) is 0.857. The lowest BCUT2D eigenvalue weighted by molar-refractivity contribution is -0.133. The quantitative estimate of drug-likeness (QED) is 0.734. The van der Waals surface area contributed by atoms with E-state index in [-0.39, 0.29) is 11.4 Å². The van der Waals surface area contributed by atoms with Crippen LogP contribution < -0.4 is 11.1 Å². The molecule has 1 saturated heterocycles. The molecule has 1 amide bonds. The van der Waals surface area contributed by atoms with E-state index >= 15 is 0 Å². The number of carbonyl (C=O) groups is 1. The van der Waals surface area contributed by atoms with Crippen LogP contribution in [0.1, 0.15) is 52.9 Å². The minimum absolute atomic E-state index is 0.0196. The van der Waals surface area contributed by atoms with Crippen molar-refractivity contribution >= 4 is 23.1 Å².